The molecule has 0 spiro atoms. The third-order valence-corrected chi connectivity index (χ3v) is 3.86. The fourth-order valence-electron chi connectivity index (χ4n) is 2.55. The van der Waals surface area contributed by atoms with Gasteiger partial charge in [-0.15, -0.1) is 0 Å². The molecule has 3 rings (SSSR count). The molecular weight excluding hydrogens is 348 g/mol. The van der Waals surface area contributed by atoms with E-state index in [2.05, 4.69) is 10.6 Å². The first-order valence-electron chi connectivity index (χ1n) is 7.83. The maximum absolute atomic E-state index is 13.1. The average Bonchev–Trinajstić information content (AvgIpc) is 3.20. The third-order valence-electron chi connectivity index (χ3n) is 3.86. The normalized spacial score (nSPS) is 16.7. The fraction of sp³-hybridized carbons (Fsp3) is 0.235. The van der Waals surface area contributed by atoms with Gasteiger partial charge in [-0.05, 0) is 30.7 Å². The minimum atomic E-state index is -1.07. The van der Waals surface area contributed by atoms with Gasteiger partial charge in [0.15, 0.2) is 11.6 Å². The van der Waals surface area contributed by atoms with Gasteiger partial charge in [0.25, 0.3) is 5.91 Å². The number of halogens is 2. The zero-order valence-corrected chi connectivity index (χ0v) is 13.5. The predicted octanol–water partition coefficient (Wildman–Crippen LogP) is 2.40. The number of urea groups is 1. The van der Waals surface area contributed by atoms with Crippen LogP contribution < -0.4 is 10.6 Å². The maximum atomic E-state index is 13.1. The van der Waals surface area contributed by atoms with Gasteiger partial charge in [-0.2, -0.15) is 0 Å². The highest BCUT2D eigenvalue weighted by atomic mass is 19.2. The number of amides is 4. The Bertz CT molecular complexity index is 839. The summed E-state index contributed by atoms with van der Waals surface area (Å²) in [6.07, 6.45) is 1.44. The summed E-state index contributed by atoms with van der Waals surface area (Å²) in [5, 5.41) is 4.92. The molecule has 7 nitrogen and oxygen atoms in total. The van der Waals surface area contributed by atoms with E-state index in [1.54, 1.807) is 12.1 Å². The Hall–Kier alpha value is -3.23. The average molecular weight is 363 g/mol. The van der Waals surface area contributed by atoms with Gasteiger partial charge in [-0.25, -0.2) is 13.6 Å². The van der Waals surface area contributed by atoms with Gasteiger partial charge < -0.3 is 15.1 Å². The Balaban J connectivity index is 1.52. The molecule has 4 amide bonds. The van der Waals surface area contributed by atoms with E-state index in [0.29, 0.717) is 5.76 Å². The highest BCUT2D eigenvalue weighted by Crippen LogP contribution is 2.17. The summed E-state index contributed by atoms with van der Waals surface area (Å²) in [6.45, 7) is 0.00915. The van der Waals surface area contributed by atoms with E-state index >= 15 is 0 Å². The second-order valence-corrected chi connectivity index (χ2v) is 5.72. The van der Waals surface area contributed by atoms with E-state index in [9.17, 15) is 23.2 Å². The molecule has 1 aromatic carbocycles. The molecule has 1 fully saturated rings. The van der Waals surface area contributed by atoms with Crippen LogP contribution in [-0.2, 0) is 16.1 Å². The molecule has 2 N–H and O–H groups in total. The Labute approximate surface area is 147 Å². The number of nitrogens with zero attached hydrogens (tertiary/aromatic N) is 1. The van der Waals surface area contributed by atoms with Crippen molar-refractivity contribution >= 4 is 23.5 Å². The smallest absolute Gasteiger partial charge is 0.325 e. The summed E-state index contributed by atoms with van der Waals surface area (Å²) in [5.41, 5.74) is 0.107. The van der Waals surface area contributed by atoms with Crippen LogP contribution in [0.2, 0.25) is 0 Å². The quantitative estimate of drug-likeness (QED) is 0.771. The number of hydrogen-bond donors (Lipinski definition) is 2. The number of nitrogens with one attached hydrogen (secondary N) is 2. The maximum Gasteiger partial charge on any atom is 0.325 e. The molecule has 2 heterocycles. The monoisotopic (exact) mass is 363 g/mol. The van der Waals surface area contributed by atoms with Gasteiger partial charge in [0.1, 0.15) is 11.8 Å². The molecule has 0 radical (unpaired) electrons. The fourth-order valence-corrected chi connectivity index (χ4v) is 2.55. The van der Waals surface area contributed by atoms with Crippen LogP contribution in [-0.4, -0.2) is 28.8 Å². The lowest BCUT2D eigenvalue weighted by atomic mass is 10.1. The van der Waals surface area contributed by atoms with Crippen LogP contribution >= 0.6 is 0 Å². The second kappa shape index (κ2) is 7.34. The van der Waals surface area contributed by atoms with Crippen molar-refractivity contribution in [1.82, 2.24) is 10.2 Å². The Morgan fingerprint density at radius 2 is 2.04 bits per heavy atom. The van der Waals surface area contributed by atoms with Crippen LogP contribution in [0.1, 0.15) is 18.6 Å². The minimum absolute atomic E-state index is 0.00915. The van der Waals surface area contributed by atoms with Crippen molar-refractivity contribution in [1.29, 1.82) is 0 Å². The van der Waals surface area contributed by atoms with Crippen LogP contribution in [0.3, 0.4) is 0 Å². The summed E-state index contributed by atoms with van der Waals surface area (Å²) in [6, 6.07) is 4.89. The van der Waals surface area contributed by atoms with Crippen LogP contribution in [0, 0.1) is 11.6 Å². The number of imide groups is 1. The number of carbonyl (C=O) groups excluding carboxylic acids is 3. The number of carbonyl (C=O) groups is 3. The van der Waals surface area contributed by atoms with E-state index in [-0.39, 0.29) is 25.1 Å². The Kier molecular flexibility index (Phi) is 4.97. The number of anilines is 1. The predicted molar refractivity (Wildman–Crippen MR) is 85.8 cm³/mol. The van der Waals surface area contributed by atoms with E-state index in [1.807, 2.05) is 0 Å². The van der Waals surface area contributed by atoms with Crippen LogP contribution in [0.4, 0.5) is 19.3 Å². The molecule has 0 bridgehead atoms. The lowest BCUT2D eigenvalue weighted by Gasteiger charge is -2.11. The summed E-state index contributed by atoms with van der Waals surface area (Å²) in [4.78, 5) is 37.1. The van der Waals surface area contributed by atoms with E-state index in [4.69, 9.17) is 4.42 Å². The first-order chi connectivity index (χ1) is 12.4. The molecule has 1 atom stereocenters. The number of furan rings is 1. The molecule has 0 unspecified atom stereocenters. The van der Waals surface area contributed by atoms with Crippen molar-refractivity contribution in [2.45, 2.75) is 25.4 Å². The molecule has 9 heteroatoms. The third kappa shape index (κ3) is 3.88. The molecule has 1 saturated heterocycles. The van der Waals surface area contributed by atoms with Crippen LogP contribution in [0.15, 0.2) is 41.0 Å². The zero-order chi connectivity index (χ0) is 18.7. The SMILES string of the molecule is O=C(CC[C@H]1NC(=O)N(Cc2ccco2)C1=O)Nc1ccc(F)c(F)c1. The summed E-state index contributed by atoms with van der Waals surface area (Å²) in [5.74, 6) is -2.56. The van der Waals surface area contributed by atoms with E-state index in [1.165, 1.54) is 12.3 Å². The first kappa shape index (κ1) is 17.6. The lowest BCUT2D eigenvalue weighted by molar-refractivity contribution is -0.128. The van der Waals surface area contributed by atoms with Gasteiger partial charge in [0.05, 0.1) is 12.8 Å². The zero-order valence-electron chi connectivity index (χ0n) is 13.5. The molecule has 1 aliphatic heterocycles. The van der Waals surface area contributed by atoms with E-state index in [0.717, 1.165) is 17.0 Å². The molecule has 0 saturated carbocycles. The Morgan fingerprint density at radius 3 is 2.73 bits per heavy atom. The highest BCUT2D eigenvalue weighted by Gasteiger charge is 2.38. The van der Waals surface area contributed by atoms with Crippen molar-refractivity contribution in [3.05, 3.63) is 54.0 Å². The van der Waals surface area contributed by atoms with Crippen molar-refractivity contribution in [2.24, 2.45) is 0 Å². The molecule has 0 aliphatic carbocycles. The van der Waals surface area contributed by atoms with Gasteiger partial charge >= 0.3 is 6.03 Å². The molecule has 1 aliphatic rings. The largest absolute Gasteiger partial charge is 0.467 e. The van der Waals surface area contributed by atoms with Crippen molar-refractivity contribution < 1.29 is 27.6 Å². The molecule has 2 aromatic rings. The number of benzene rings is 1. The highest BCUT2D eigenvalue weighted by molar-refractivity contribution is 6.04. The van der Waals surface area contributed by atoms with E-state index < -0.39 is 35.5 Å². The molecular formula is C17H15F2N3O4. The van der Waals surface area contributed by atoms with Crippen molar-refractivity contribution in [3.8, 4) is 0 Å². The number of rotatable bonds is 6. The van der Waals surface area contributed by atoms with Gasteiger partial charge in [0.2, 0.25) is 5.91 Å². The number of hydrogen-bond acceptors (Lipinski definition) is 4. The first-order valence-corrected chi connectivity index (χ1v) is 7.83. The Morgan fingerprint density at radius 1 is 1.23 bits per heavy atom. The molecule has 136 valence electrons. The second-order valence-electron chi connectivity index (χ2n) is 5.72. The van der Waals surface area contributed by atoms with Crippen LogP contribution in [0.5, 0.6) is 0 Å². The topological polar surface area (TPSA) is 91.7 Å². The van der Waals surface area contributed by atoms with Crippen molar-refractivity contribution in [3.63, 3.8) is 0 Å². The summed E-state index contributed by atoms with van der Waals surface area (Å²) < 4.78 is 31.1. The van der Waals surface area contributed by atoms with Gasteiger partial charge in [-0.3, -0.25) is 14.5 Å². The molecule has 26 heavy (non-hydrogen) atoms. The standard InChI is InChI=1S/C17H15F2N3O4/c18-12-4-3-10(8-13(12)19)20-15(23)6-5-14-16(24)22(17(25)21-14)9-11-2-1-7-26-11/h1-4,7-8,14H,5-6,9H2,(H,20,23)(H,21,25)/t14-/m1/s1. The van der Waals surface area contributed by atoms with Gasteiger partial charge in [0, 0.05) is 18.2 Å². The van der Waals surface area contributed by atoms with Crippen molar-refractivity contribution in [2.75, 3.05) is 5.32 Å². The minimum Gasteiger partial charge on any atom is -0.467 e. The summed E-state index contributed by atoms with van der Waals surface area (Å²) in [7, 11) is 0. The lowest BCUT2D eigenvalue weighted by Crippen LogP contribution is -2.31. The molecule has 1 aromatic heterocycles. The van der Waals surface area contributed by atoms with Crippen LogP contribution in [0.25, 0.3) is 0 Å². The summed E-state index contributed by atoms with van der Waals surface area (Å²) >= 11 is 0. The van der Waals surface area contributed by atoms with Gasteiger partial charge in [-0.1, -0.05) is 0 Å².